The van der Waals surface area contributed by atoms with Crippen molar-refractivity contribution in [2.24, 2.45) is 5.73 Å². The van der Waals surface area contributed by atoms with Crippen molar-refractivity contribution >= 4 is 0 Å². The number of nitrogens with zero attached hydrogens (tertiary/aromatic N) is 2. The van der Waals surface area contributed by atoms with Gasteiger partial charge >= 0.3 is 0 Å². The molecule has 5 heteroatoms. The molecular formula is C11H14N4O. The summed E-state index contributed by atoms with van der Waals surface area (Å²) in [6.07, 6.45) is 3.58. The Kier molecular flexibility index (Phi) is 2.87. The Labute approximate surface area is 92.9 Å². The fourth-order valence-electron chi connectivity index (χ4n) is 1.65. The molecule has 0 radical (unpaired) electrons. The van der Waals surface area contributed by atoms with E-state index in [1.165, 1.54) is 6.07 Å². The van der Waals surface area contributed by atoms with E-state index in [4.69, 9.17) is 5.73 Å². The third kappa shape index (κ3) is 1.90. The van der Waals surface area contributed by atoms with E-state index in [9.17, 15) is 4.79 Å². The lowest BCUT2D eigenvalue weighted by Crippen LogP contribution is -2.21. The van der Waals surface area contributed by atoms with Crippen LogP contribution >= 0.6 is 0 Å². The number of aromatic nitrogens is 3. The standard InChI is InChI=1S/C11H14N4O/c1-2-15-7-6-13-11(15)10(12)8-4-3-5-9(16)14-8/h3-7,10H,2,12H2,1H3,(H,14,16). The fourth-order valence-corrected chi connectivity index (χ4v) is 1.65. The summed E-state index contributed by atoms with van der Waals surface area (Å²) in [4.78, 5) is 18.1. The summed E-state index contributed by atoms with van der Waals surface area (Å²) >= 11 is 0. The van der Waals surface area contributed by atoms with Gasteiger partial charge in [-0.3, -0.25) is 4.79 Å². The highest BCUT2D eigenvalue weighted by molar-refractivity contribution is 5.17. The van der Waals surface area contributed by atoms with Crippen LogP contribution in [0.3, 0.4) is 0 Å². The number of rotatable bonds is 3. The normalized spacial score (nSPS) is 12.6. The Morgan fingerprint density at radius 2 is 2.38 bits per heavy atom. The summed E-state index contributed by atoms with van der Waals surface area (Å²) in [7, 11) is 0. The Morgan fingerprint density at radius 3 is 3.06 bits per heavy atom. The molecule has 0 saturated heterocycles. The Morgan fingerprint density at radius 1 is 1.56 bits per heavy atom. The molecule has 0 aliphatic rings. The summed E-state index contributed by atoms with van der Waals surface area (Å²) in [6, 6.07) is 4.54. The van der Waals surface area contributed by atoms with E-state index in [2.05, 4.69) is 9.97 Å². The number of nitrogens with one attached hydrogen (secondary N) is 1. The summed E-state index contributed by atoms with van der Waals surface area (Å²) in [5.41, 5.74) is 6.58. The molecule has 2 aromatic heterocycles. The molecule has 2 heterocycles. The van der Waals surface area contributed by atoms with Crippen molar-refractivity contribution in [1.29, 1.82) is 0 Å². The zero-order valence-electron chi connectivity index (χ0n) is 9.05. The van der Waals surface area contributed by atoms with Crippen LogP contribution in [0.4, 0.5) is 0 Å². The number of aromatic amines is 1. The quantitative estimate of drug-likeness (QED) is 0.793. The van der Waals surface area contributed by atoms with Crippen molar-refractivity contribution in [3.05, 3.63) is 52.5 Å². The number of H-pyrrole nitrogens is 1. The van der Waals surface area contributed by atoms with Gasteiger partial charge in [-0.1, -0.05) is 6.07 Å². The minimum absolute atomic E-state index is 0.150. The van der Waals surface area contributed by atoms with Crippen LogP contribution in [0.1, 0.15) is 24.5 Å². The van der Waals surface area contributed by atoms with Gasteiger partial charge in [0.2, 0.25) is 5.56 Å². The van der Waals surface area contributed by atoms with Crippen molar-refractivity contribution in [2.75, 3.05) is 0 Å². The smallest absolute Gasteiger partial charge is 0.248 e. The molecule has 0 amide bonds. The molecule has 5 nitrogen and oxygen atoms in total. The summed E-state index contributed by atoms with van der Waals surface area (Å²) < 4.78 is 1.95. The number of nitrogens with two attached hydrogens (primary N) is 1. The zero-order valence-corrected chi connectivity index (χ0v) is 9.05. The lowest BCUT2D eigenvalue weighted by molar-refractivity contribution is 0.646. The van der Waals surface area contributed by atoms with E-state index >= 15 is 0 Å². The van der Waals surface area contributed by atoms with Crippen molar-refractivity contribution in [3.8, 4) is 0 Å². The van der Waals surface area contributed by atoms with Crippen LogP contribution in [0.15, 0.2) is 35.4 Å². The van der Waals surface area contributed by atoms with Crippen molar-refractivity contribution in [2.45, 2.75) is 19.5 Å². The number of pyridine rings is 1. The van der Waals surface area contributed by atoms with Crippen LogP contribution in [-0.4, -0.2) is 14.5 Å². The van der Waals surface area contributed by atoms with E-state index in [0.29, 0.717) is 5.69 Å². The van der Waals surface area contributed by atoms with Crippen molar-refractivity contribution in [3.63, 3.8) is 0 Å². The predicted molar refractivity (Wildman–Crippen MR) is 61.0 cm³/mol. The molecule has 2 rings (SSSR count). The van der Waals surface area contributed by atoms with Crippen molar-refractivity contribution < 1.29 is 0 Å². The first-order chi connectivity index (χ1) is 7.72. The molecular weight excluding hydrogens is 204 g/mol. The van der Waals surface area contributed by atoms with E-state index in [0.717, 1.165) is 12.4 Å². The second-order valence-corrected chi connectivity index (χ2v) is 3.52. The highest BCUT2D eigenvalue weighted by atomic mass is 16.1. The SMILES string of the molecule is CCn1ccnc1C(N)c1cccc(=O)[nH]1. The molecule has 2 aromatic rings. The second-order valence-electron chi connectivity index (χ2n) is 3.52. The van der Waals surface area contributed by atoms with E-state index < -0.39 is 6.04 Å². The molecule has 0 aliphatic carbocycles. The molecule has 0 saturated carbocycles. The molecule has 1 atom stereocenters. The van der Waals surface area contributed by atoms with Gasteiger partial charge < -0.3 is 15.3 Å². The van der Waals surface area contributed by atoms with Gasteiger partial charge in [-0.2, -0.15) is 0 Å². The molecule has 16 heavy (non-hydrogen) atoms. The predicted octanol–water partition coefficient (Wildman–Crippen LogP) is 0.639. The van der Waals surface area contributed by atoms with E-state index in [1.54, 1.807) is 18.3 Å². The minimum atomic E-state index is -0.399. The van der Waals surface area contributed by atoms with Gasteiger partial charge in [0.15, 0.2) is 0 Å². The topological polar surface area (TPSA) is 76.7 Å². The molecule has 0 aromatic carbocycles. The van der Waals surface area contributed by atoms with Crippen LogP contribution in [0.2, 0.25) is 0 Å². The average molecular weight is 218 g/mol. The van der Waals surface area contributed by atoms with Gasteiger partial charge in [0, 0.05) is 30.7 Å². The Bertz CT molecular complexity index is 529. The van der Waals surface area contributed by atoms with Crippen LogP contribution in [0.25, 0.3) is 0 Å². The number of aryl methyl sites for hydroxylation is 1. The monoisotopic (exact) mass is 218 g/mol. The third-order valence-electron chi connectivity index (χ3n) is 2.49. The van der Waals surface area contributed by atoms with Gasteiger partial charge in [-0.25, -0.2) is 4.98 Å². The first-order valence-electron chi connectivity index (χ1n) is 5.18. The van der Waals surface area contributed by atoms with Gasteiger partial charge in [0.1, 0.15) is 11.9 Å². The van der Waals surface area contributed by atoms with E-state index in [-0.39, 0.29) is 5.56 Å². The van der Waals surface area contributed by atoms with Gasteiger partial charge in [0.05, 0.1) is 0 Å². The van der Waals surface area contributed by atoms with Crippen LogP contribution in [0.5, 0.6) is 0 Å². The lowest BCUT2D eigenvalue weighted by atomic mass is 10.2. The molecule has 84 valence electrons. The molecule has 1 unspecified atom stereocenters. The van der Waals surface area contributed by atoms with Gasteiger partial charge in [0.25, 0.3) is 0 Å². The number of hydrogen-bond donors (Lipinski definition) is 2. The third-order valence-corrected chi connectivity index (χ3v) is 2.49. The summed E-state index contributed by atoms with van der Waals surface area (Å²) in [6.45, 7) is 2.83. The Balaban J connectivity index is 2.39. The minimum Gasteiger partial charge on any atom is -0.334 e. The maximum Gasteiger partial charge on any atom is 0.248 e. The maximum absolute atomic E-state index is 11.2. The number of imidazole rings is 1. The van der Waals surface area contributed by atoms with Crippen molar-refractivity contribution in [1.82, 2.24) is 14.5 Å². The maximum atomic E-state index is 11.2. The molecule has 0 fully saturated rings. The first-order valence-corrected chi connectivity index (χ1v) is 5.18. The van der Waals surface area contributed by atoms with Gasteiger partial charge in [-0.15, -0.1) is 0 Å². The molecule has 0 aliphatic heterocycles. The molecule has 0 spiro atoms. The highest BCUT2D eigenvalue weighted by Gasteiger charge is 2.14. The van der Waals surface area contributed by atoms with Crippen LogP contribution in [-0.2, 0) is 6.54 Å². The first kappa shape index (κ1) is 10.6. The lowest BCUT2D eigenvalue weighted by Gasteiger charge is -2.12. The number of hydrogen-bond acceptors (Lipinski definition) is 3. The van der Waals surface area contributed by atoms with Crippen LogP contribution in [0, 0.1) is 0 Å². The summed E-state index contributed by atoms with van der Waals surface area (Å²) in [5, 5.41) is 0. The molecule has 3 N–H and O–H groups in total. The second kappa shape index (κ2) is 4.32. The zero-order chi connectivity index (χ0) is 11.5. The van der Waals surface area contributed by atoms with E-state index in [1.807, 2.05) is 17.7 Å². The average Bonchev–Trinajstić information content (AvgIpc) is 2.76. The highest BCUT2D eigenvalue weighted by Crippen LogP contribution is 2.14. The largest absolute Gasteiger partial charge is 0.334 e. The fraction of sp³-hybridized carbons (Fsp3) is 0.273. The molecule has 0 bridgehead atoms. The summed E-state index contributed by atoms with van der Waals surface area (Å²) in [5.74, 6) is 0.754. The van der Waals surface area contributed by atoms with Crippen LogP contribution < -0.4 is 11.3 Å². The van der Waals surface area contributed by atoms with Gasteiger partial charge in [-0.05, 0) is 13.0 Å². The Hall–Kier alpha value is -1.88.